The summed E-state index contributed by atoms with van der Waals surface area (Å²) in [6.45, 7) is 8.43. The van der Waals surface area contributed by atoms with E-state index in [1.54, 1.807) is 19.2 Å². The van der Waals surface area contributed by atoms with Crippen molar-refractivity contribution in [1.29, 1.82) is 0 Å². The summed E-state index contributed by atoms with van der Waals surface area (Å²) in [4.78, 5) is 13.5. The zero-order valence-electron chi connectivity index (χ0n) is 18.6. The molecule has 4 nitrogen and oxygen atoms in total. The second kappa shape index (κ2) is 7.71. The van der Waals surface area contributed by atoms with Gasteiger partial charge in [-0.1, -0.05) is 30.3 Å². The molecule has 0 saturated heterocycles. The molecule has 3 aromatic carbocycles. The number of benzene rings is 3. The van der Waals surface area contributed by atoms with Crippen molar-refractivity contribution in [3.63, 3.8) is 0 Å². The van der Waals surface area contributed by atoms with Gasteiger partial charge in [-0.15, -0.1) is 0 Å². The summed E-state index contributed by atoms with van der Waals surface area (Å²) in [6.07, 6.45) is 2.24. The largest absolute Gasteiger partial charge is 0.478 e. The number of carboxylic acids is 1. The van der Waals surface area contributed by atoms with E-state index >= 15 is 0 Å². The van der Waals surface area contributed by atoms with Crippen molar-refractivity contribution in [2.24, 2.45) is 0 Å². The number of hydrogen-bond acceptors (Lipinski definition) is 3. The van der Waals surface area contributed by atoms with E-state index < -0.39 is 11.7 Å². The first-order chi connectivity index (χ1) is 14.8. The molecule has 1 atom stereocenters. The van der Waals surface area contributed by atoms with Crippen LogP contribution in [0.25, 0.3) is 11.6 Å². The molecule has 0 bridgehead atoms. The maximum absolute atomic E-state index is 11.3. The van der Waals surface area contributed by atoms with Crippen molar-refractivity contribution in [3.8, 4) is 0 Å². The molecule has 1 unspecified atom stereocenters. The van der Waals surface area contributed by atoms with E-state index in [0.717, 1.165) is 22.5 Å². The third-order valence-corrected chi connectivity index (χ3v) is 6.29. The number of carboxylic acid groups (broad SMARTS) is 1. The Hall–Kier alpha value is -3.37. The number of methoxy groups -OCH3 is 1. The Kier molecular flexibility index (Phi) is 5.19. The minimum absolute atomic E-state index is 0.262. The van der Waals surface area contributed by atoms with Gasteiger partial charge in [0.05, 0.1) is 11.3 Å². The summed E-state index contributed by atoms with van der Waals surface area (Å²) in [5, 5.41) is 9.29. The third kappa shape index (κ3) is 3.33. The zero-order valence-corrected chi connectivity index (χ0v) is 18.6. The Bertz CT molecular complexity index is 1170. The van der Waals surface area contributed by atoms with Gasteiger partial charge in [-0.25, -0.2) is 4.79 Å². The fraction of sp³-hybridized carbons (Fsp3) is 0.222. The van der Waals surface area contributed by atoms with Crippen LogP contribution in [0.3, 0.4) is 0 Å². The molecule has 4 rings (SSSR count). The Morgan fingerprint density at radius 3 is 2.10 bits per heavy atom. The van der Waals surface area contributed by atoms with Gasteiger partial charge in [-0.05, 0) is 86.4 Å². The number of nitrogens with zero attached hydrogens (tertiary/aromatic N) is 1. The number of hydrogen-bond donors (Lipinski definition) is 1. The molecule has 0 aromatic heterocycles. The Labute approximate surface area is 183 Å². The molecule has 1 heterocycles. The van der Waals surface area contributed by atoms with Crippen LogP contribution in [-0.2, 0) is 4.74 Å². The average molecular weight is 414 g/mol. The van der Waals surface area contributed by atoms with Gasteiger partial charge in [-0.2, -0.15) is 0 Å². The molecule has 4 heteroatoms. The van der Waals surface area contributed by atoms with Gasteiger partial charge in [0.2, 0.25) is 0 Å². The number of carbonyl (C=O) groups is 1. The summed E-state index contributed by atoms with van der Waals surface area (Å²) in [6, 6.07) is 19.5. The predicted octanol–water partition coefficient (Wildman–Crippen LogP) is 6.36. The smallest absolute Gasteiger partial charge is 0.335 e. The van der Waals surface area contributed by atoms with Gasteiger partial charge >= 0.3 is 5.97 Å². The standard InChI is InChI=1S/C27H27NO3/c1-17-8-6-9-18(2)22(17)16-23-25-19(3)10-7-11-24(25)28(27(23,4)31-5)21-14-12-20(13-15-21)26(29)30/h6-16H,1-5H3,(H,29,30)/b23-16-. The van der Waals surface area contributed by atoms with E-state index in [1.165, 1.54) is 22.3 Å². The molecule has 1 aliphatic heterocycles. The van der Waals surface area contributed by atoms with Crippen molar-refractivity contribution in [1.82, 2.24) is 0 Å². The number of aryl methyl sites for hydroxylation is 3. The monoisotopic (exact) mass is 413 g/mol. The van der Waals surface area contributed by atoms with Crippen molar-refractivity contribution < 1.29 is 14.6 Å². The van der Waals surface area contributed by atoms with Crippen LogP contribution in [0.5, 0.6) is 0 Å². The number of anilines is 2. The molecular weight excluding hydrogens is 386 g/mol. The van der Waals surface area contributed by atoms with E-state index in [0.29, 0.717) is 0 Å². The highest BCUT2D eigenvalue weighted by Crippen LogP contribution is 2.53. The quantitative estimate of drug-likeness (QED) is 0.540. The normalized spacial score (nSPS) is 19.0. The summed E-state index contributed by atoms with van der Waals surface area (Å²) in [7, 11) is 1.72. The lowest BCUT2D eigenvalue weighted by molar-refractivity contribution is 0.0681. The highest BCUT2D eigenvalue weighted by molar-refractivity contribution is 6.01. The lowest BCUT2D eigenvalue weighted by Crippen LogP contribution is -2.42. The lowest BCUT2D eigenvalue weighted by Gasteiger charge is -2.37. The van der Waals surface area contributed by atoms with Crippen molar-refractivity contribution in [2.75, 3.05) is 12.0 Å². The Morgan fingerprint density at radius 1 is 0.935 bits per heavy atom. The zero-order chi connectivity index (χ0) is 22.3. The van der Waals surface area contributed by atoms with Gasteiger partial charge in [0.1, 0.15) is 0 Å². The highest BCUT2D eigenvalue weighted by Gasteiger charge is 2.46. The van der Waals surface area contributed by atoms with E-state index in [9.17, 15) is 9.90 Å². The molecule has 0 fully saturated rings. The number of fused-ring (bicyclic) bond motifs is 1. The minimum Gasteiger partial charge on any atom is -0.478 e. The molecular formula is C27H27NO3. The molecule has 0 radical (unpaired) electrons. The van der Waals surface area contributed by atoms with E-state index in [4.69, 9.17) is 4.74 Å². The second-order valence-electron chi connectivity index (χ2n) is 8.21. The van der Waals surface area contributed by atoms with E-state index in [2.05, 4.69) is 69.0 Å². The van der Waals surface area contributed by atoms with Gasteiger partial charge < -0.3 is 14.7 Å². The van der Waals surface area contributed by atoms with Crippen LogP contribution in [0.2, 0.25) is 0 Å². The van der Waals surface area contributed by atoms with Gasteiger partial charge in [0.25, 0.3) is 0 Å². The van der Waals surface area contributed by atoms with Crippen LogP contribution in [0.15, 0.2) is 60.7 Å². The molecule has 31 heavy (non-hydrogen) atoms. The summed E-state index contributed by atoms with van der Waals surface area (Å²) in [5.41, 5.74) is 8.46. The van der Waals surface area contributed by atoms with Crippen LogP contribution in [0.4, 0.5) is 11.4 Å². The highest BCUT2D eigenvalue weighted by atomic mass is 16.5. The van der Waals surface area contributed by atoms with Crippen molar-refractivity contribution in [2.45, 2.75) is 33.4 Å². The van der Waals surface area contributed by atoms with Crippen molar-refractivity contribution in [3.05, 3.63) is 94.0 Å². The third-order valence-electron chi connectivity index (χ3n) is 6.29. The lowest BCUT2D eigenvalue weighted by atomic mass is 9.92. The summed E-state index contributed by atoms with van der Waals surface area (Å²) < 4.78 is 6.19. The molecule has 0 amide bonds. The Balaban J connectivity index is 1.98. The van der Waals surface area contributed by atoms with Gasteiger partial charge in [-0.3, -0.25) is 0 Å². The first-order valence-electron chi connectivity index (χ1n) is 10.3. The topological polar surface area (TPSA) is 49.8 Å². The summed E-state index contributed by atoms with van der Waals surface area (Å²) in [5.74, 6) is -0.936. The van der Waals surface area contributed by atoms with Gasteiger partial charge in [0, 0.05) is 23.9 Å². The Morgan fingerprint density at radius 2 is 1.52 bits per heavy atom. The van der Waals surface area contributed by atoms with Crippen molar-refractivity contribution >= 4 is 29.0 Å². The average Bonchev–Trinajstić information content (AvgIpc) is 3.00. The molecule has 0 spiro atoms. The van der Waals surface area contributed by atoms with Crippen LogP contribution in [0, 0.1) is 20.8 Å². The second-order valence-corrected chi connectivity index (χ2v) is 8.21. The number of ether oxygens (including phenoxy) is 1. The summed E-state index contributed by atoms with van der Waals surface area (Å²) >= 11 is 0. The first-order valence-corrected chi connectivity index (χ1v) is 10.3. The molecule has 1 N–H and O–H groups in total. The maximum atomic E-state index is 11.3. The fourth-order valence-corrected chi connectivity index (χ4v) is 4.52. The van der Waals surface area contributed by atoms with Crippen LogP contribution >= 0.6 is 0 Å². The van der Waals surface area contributed by atoms with Crippen LogP contribution in [-0.4, -0.2) is 23.9 Å². The molecule has 1 aliphatic rings. The SMILES string of the molecule is COC1(C)/C(=C\c2c(C)cccc2C)c2c(C)cccc2N1c1ccc(C(=O)O)cc1. The minimum atomic E-state index is -0.936. The predicted molar refractivity (Wildman–Crippen MR) is 126 cm³/mol. The van der Waals surface area contributed by atoms with Crippen LogP contribution in [0.1, 0.15) is 45.1 Å². The first kappa shape index (κ1) is 20.9. The van der Waals surface area contributed by atoms with Gasteiger partial charge in [0.15, 0.2) is 5.72 Å². The van der Waals surface area contributed by atoms with E-state index in [1.807, 2.05) is 18.2 Å². The van der Waals surface area contributed by atoms with E-state index in [-0.39, 0.29) is 5.56 Å². The maximum Gasteiger partial charge on any atom is 0.335 e. The molecule has 0 aliphatic carbocycles. The number of aromatic carboxylic acids is 1. The fourth-order valence-electron chi connectivity index (χ4n) is 4.52. The number of rotatable bonds is 4. The van der Waals surface area contributed by atoms with Crippen LogP contribution < -0.4 is 4.90 Å². The molecule has 0 saturated carbocycles. The molecule has 3 aromatic rings. The molecule has 158 valence electrons.